The molecule has 0 aliphatic carbocycles. The zero-order chi connectivity index (χ0) is 40.3. The molecule has 3 heteroatoms. The van der Waals surface area contributed by atoms with Crippen molar-refractivity contribution in [1.82, 2.24) is 9.13 Å². The van der Waals surface area contributed by atoms with E-state index in [1.807, 2.05) is 0 Å². The highest BCUT2D eigenvalue weighted by Crippen LogP contribution is 2.47. The van der Waals surface area contributed by atoms with Crippen molar-refractivity contribution in [1.29, 1.82) is 0 Å². The summed E-state index contributed by atoms with van der Waals surface area (Å²) in [7, 11) is 0. The normalized spacial score (nSPS) is 11.6. The monoisotopic (exact) mass is 777 g/mol. The molecule has 0 saturated heterocycles. The Hall–Kier alpha value is -8.14. The summed E-state index contributed by atoms with van der Waals surface area (Å²) >= 11 is 0. The van der Waals surface area contributed by atoms with Crippen LogP contribution < -0.4 is 4.90 Å². The van der Waals surface area contributed by atoms with Gasteiger partial charge in [-0.1, -0.05) is 164 Å². The molecule has 10 aromatic carbocycles. The largest absolute Gasteiger partial charge is 0.309 e. The van der Waals surface area contributed by atoms with E-state index in [1.165, 1.54) is 76.6 Å². The number of nitrogens with zero attached hydrogens (tertiary/aromatic N) is 3. The molecule has 0 N–H and O–H groups in total. The summed E-state index contributed by atoms with van der Waals surface area (Å²) < 4.78 is 4.80. The minimum atomic E-state index is 1.09. The predicted octanol–water partition coefficient (Wildman–Crippen LogP) is 15.8. The Morgan fingerprint density at radius 1 is 0.279 bits per heavy atom. The van der Waals surface area contributed by atoms with Gasteiger partial charge in [0, 0.05) is 44.2 Å². The molecule has 0 amide bonds. The Bertz CT molecular complexity index is 3560. The maximum atomic E-state index is 2.45. The predicted molar refractivity (Wildman–Crippen MR) is 258 cm³/mol. The Balaban J connectivity index is 0.997. The lowest BCUT2D eigenvalue weighted by molar-refractivity contribution is 1.18. The molecule has 12 aromatic rings. The van der Waals surface area contributed by atoms with Gasteiger partial charge in [-0.2, -0.15) is 0 Å². The van der Waals surface area contributed by atoms with E-state index in [0.29, 0.717) is 0 Å². The van der Waals surface area contributed by atoms with E-state index < -0.39 is 0 Å². The summed E-state index contributed by atoms with van der Waals surface area (Å²) in [6.45, 7) is 0. The first kappa shape index (κ1) is 34.9. The Kier molecular flexibility index (Phi) is 8.17. The van der Waals surface area contributed by atoms with E-state index in [9.17, 15) is 0 Å². The highest BCUT2D eigenvalue weighted by atomic mass is 15.2. The zero-order valence-corrected chi connectivity index (χ0v) is 33.4. The smallest absolute Gasteiger partial charge is 0.0562 e. The van der Waals surface area contributed by atoms with Crippen LogP contribution in [-0.2, 0) is 0 Å². The van der Waals surface area contributed by atoms with Gasteiger partial charge in [0.1, 0.15) is 0 Å². The van der Waals surface area contributed by atoms with Crippen molar-refractivity contribution in [3.05, 3.63) is 237 Å². The van der Waals surface area contributed by atoms with Crippen LogP contribution in [0.3, 0.4) is 0 Å². The van der Waals surface area contributed by atoms with Crippen molar-refractivity contribution in [2.75, 3.05) is 4.90 Å². The third kappa shape index (κ3) is 5.66. The van der Waals surface area contributed by atoms with E-state index >= 15 is 0 Å². The van der Waals surface area contributed by atoms with Crippen LogP contribution in [0.1, 0.15) is 0 Å². The van der Waals surface area contributed by atoms with Gasteiger partial charge in [-0.3, -0.25) is 0 Å². The minimum Gasteiger partial charge on any atom is -0.309 e. The molecule has 61 heavy (non-hydrogen) atoms. The summed E-state index contributed by atoms with van der Waals surface area (Å²) in [6, 6.07) is 85.8. The van der Waals surface area contributed by atoms with E-state index in [1.54, 1.807) is 0 Å². The molecule has 0 atom stereocenters. The number of anilines is 3. The first-order valence-electron chi connectivity index (χ1n) is 20.9. The standard InChI is InChI=1S/C58H39N3/c1-3-16-42(17-4-1)47-21-9-12-25-51(47)60(55-29-15-28-54-58(55)50-24-11-14-27-53(50)59(54)44-19-5-2-6-20-44)45-35-30-40(31-36-45)41-32-37-46(38-33-41)61-52-26-13-10-23-49(52)57-48-22-8-7-18-43(48)34-39-56(57)61/h1-39H. The van der Waals surface area contributed by atoms with Gasteiger partial charge < -0.3 is 14.0 Å². The van der Waals surface area contributed by atoms with Gasteiger partial charge in [0.25, 0.3) is 0 Å². The lowest BCUT2D eigenvalue weighted by atomic mass is 10.00. The number of benzene rings is 10. The highest BCUT2D eigenvalue weighted by molar-refractivity contribution is 6.21. The first-order valence-corrected chi connectivity index (χ1v) is 20.9. The van der Waals surface area contributed by atoms with Crippen molar-refractivity contribution in [2.45, 2.75) is 0 Å². The van der Waals surface area contributed by atoms with Crippen LogP contribution in [-0.4, -0.2) is 9.13 Å². The van der Waals surface area contributed by atoms with Gasteiger partial charge in [0.05, 0.1) is 33.4 Å². The topological polar surface area (TPSA) is 13.1 Å². The summed E-state index contributed by atoms with van der Waals surface area (Å²) in [4.78, 5) is 2.45. The van der Waals surface area contributed by atoms with Gasteiger partial charge >= 0.3 is 0 Å². The number of hydrogen-bond acceptors (Lipinski definition) is 1. The molecule has 0 spiro atoms. The average molecular weight is 778 g/mol. The first-order chi connectivity index (χ1) is 30.3. The molecule has 2 aromatic heterocycles. The number of rotatable bonds is 7. The average Bonchev–Trinajstić information content (AvgIpc) is 3.86. The third-order valence-electron chi connectivity index (χ3n) is 12.3. The van der Waals surface area contributed by atoms with E-state index in [-0.39, 0.29) is 0 Å². The molecule has 0 bridgehead atoms. The quantitative estimate of drug-likeness (QED) is 0.157. The van der Waals surface area contributed by atoms with Crippen molar-refractivity contribution in [3.8, 4) is 33.6 Å². The molecular weight excluding hydrogens is 739 g/mol. The number of fused-ring (bicyclic) bond motifs is 8. The van der Waals surface area contributed by atoms with Crippen molar-refractivity contribution < 1.29 is 0 Å². The Morgan fingerprint density at radius 3 is 1.51 bits per heavy atom. The highest BCUT2D eigenvalue weighted by Gasteiger charge is 2.23. The molecular formula is C58H39N3. The fourth-order valence-electron chi connectivity index (χ4n) is 9.60. The molecule has 0 unspecified atom stereocenters. The molecule has 286 valence electrons. The lowest BCUT2D eigenvalue weighted by Crippen LogP contribution is -2.11. The van der Waals surface area contributed by atoms with Crippen LogP contribution >= 0.6 is 0 Å². The third-order valence-corrected chi connectivity index (χ3v) is 12.3. The molecule has 0 saturated carbocycles. The molecule has 0 aliphatic rings. The van der Waals surface area contributed by atoms with Crippen LogP contribution in [0.2, 0.25) is 0 Å². The second-order valence-electron chi connectivity index (χ2n) is 15.7. The maximum absolute atomic E-state index is 2.45. The van der Waals surface area contributed by atoms with Crippen LogP contribution in [0.5, 0.6) is 0 Å². The van der Waals surface area contributed by atoms with Crippen molar-refractivity contribution in [3.63, 3.8) is 0 Å². The molecule has 3 nitrogen and oxygen atoms in total. The van der Waals surface area contributed by atoms with E-state index in [0.717, 1.165) is 28.4 Å². The maximum Gasteiger partial charge on any atom is 0.0562 e. The van der Waals surface area contributed by atoms with Gasteiger partial charge in [-0.05, 0) is 100 Å². The summed E-state index contributed by atoms with van der Waals surface area (Å²) in [5.41, 5.74) is 15.1. The second kappa shape index (κ2) is 14.3. The summed E-state index contributed by atoms with van der Waals surface area (Å²) in [6.07, 6.45) is 0. The Labute approximate surface area is 354 Å². The fourth-order valence-corrected chi connectivity index (χ4v) is 9.60. The van der Waals surface area contributed by atoms with Crippen LogP contribution in [0.15, 0.2) is 237 Å². The zero-order valence-electron chi connectivity index (χ0n) is 33.4. The summed E-state index contributed by atoms with van der Waals surface area (Å²) in [5.74, 6) is 0. The van der Waals surface area contributed by atoms with Crippen molar-refractivity contribution >= 4 is 71.4 Å². The Morgan fingerprint density at radius 2 is 0.787 bits per heavy atom. The van der Waals surface area contributed by atoms with Crippen molar-refractivity contribution in [2.24, 2.45) is 0 Å². The lowest BCUT2D eigenvalue weighted by Gasteiger charge is -2.29. The van der Waals surface area contributed by atoms with Crippen LogP contribution in [0.4, 0.5) is 17.1 Å². The van der Waals surface area contributed by atoms with E-state index in [2.05, 4.69) is 251 Å². The fraction of sp³-hybridized carbons (Fsp3) is 0. The molecule has 12 rings (SSSR count). The minimum absolute atomic E-state index is 1.09. The molecule has 0 aliphatic heterocycles. The van der Waals surface area contributed by atoms with Gasteiger partial charge in [-0.25, -0.2) is 0 Å². The second-order valence-corrected chi connectivity index (χ2v) is 15.7. The molecule has 2 heterocycles. The van der Waals surface area contributed by atoms with Crippen LogP contribution in [0.25, 0.3) is 88.0 Å². The van der Waals surface area contributed by atoms with Gasteiger partial charge in [-0.15, -0.1) is 0 Å². The molecule has 0 radical (unpaired) electrons. The van der Waals surface area contributed by atoms with Crippen LogP contribution in [0, 0.1) is 0 Å². The van der Waals surface area contributed by atoms with Gasteiger partial charge in [0.2, 0.25) is 0 Å². The SMILES string of the molecule is c1ccc(-c2ccccc2N(c2ccc(-c3ccc(-n4c5ccccc5c5c6ccccc6ccc54)cc3)cc2)c2cccc3c2c2ccccc2n3-c2ccccc2)cc1. The summed E-state index contributed by atoms with van der Waals surface area (Å²) in [5, 5.41) is 7.54. The number of para-hydroxylation sites is 4. The van der Waals surface area contributed by atoms with E-state index in [4.69, 9.17) is 0 Å². The molecule has 0 fully saturated rings. The number of aromatic nitrogens is 2. The van der Waals surface area contributed by atoms with Gasteiger partial charge in [0.15, 0.2) is 0 Å². The number of hydrogen-bond donors (Lipinski definition) is 0.